The van der Waals surface area contributed by atoms with Crippen LogP contribution in [-0.2, 0) is 20.9 Å². The van der Waals surface area contributed by atoms with Crippen molar-refractivity contribution in [1.29, 1.82) is 0 Å². The maximum absolute atomic E-state index is 13.5. The van der Waals surface area contributed by atoms with E-state index < -0.39 is 17.7 Å². The molecule has 2 aliphatic rings. The van der Waals surface area contributed by atoms with Gasteiger partial charge in [-0.05, 0) is 48.6 Å². The van der Waals surface area contributed by atoms with Gasteiger partial charge in [-0.15, -0.1) is 0 Å². The Balaban J connectivity index is 1.78. The van der Waals surface area contributed by atoms with Crippen LogP contribution in [0.2, 0.25) is 5.02 Å². The smallest absolute Gasteiger partial charge is 0.336 e. The Morgan fingerprint density at radius 1 is 1.17 bits per heavy atom. The van der Waals surface area contributed by atoms with Gasteiger partial charge in [0, 0.05) is 40.9 Å². The normalized spacial score (nSPS) is 19.0. The lowest BCUT2D eigenvalue weighted by atomic mass is 9.68. The van der Waals surface area contributed by atoms with Gasteiger partial charge in [0.05, 0.1) is 24.8 Å². The molecular weight excluding hydrogens is 485 g/mol. The van der Waals surface area contributed by atoms with E-state index in [1.165, 1.54) is 25.3 Å². The molecule has 0 fully saturated rings. The van der Waals surface area contributed by atoms with Gasteiger partial charge in [0.25, 0.3) is 0 Å². The topological polar surface area (TPSA) is 73.9 Å². The number of halogens is 2. The molecule has 6 nitrogen and oxygen atoms in total. The van der Waals surface area contributed by atoms with Crippen LogP contribution in [0.1, 0.15) is 50.7 Å². The van der Waals surface area contributed by atoms with E-state index >= 15 is 0 Å². The molecule has 0 radical (unpaired) electrons. The van der Waals surface area contributed by atoms with Gasteiger partial charge in [-0.25, -0.2) is 9.18 Å². The minimum absolute atomic E-state index is 0.00206. The number of rotatable bonds is 6. The highest BCUT2D eigenvalue weighted by atomic mass is 35.5. The minimum atomic E-state index is -0.595. The number of carbonyl (C=O) groups is 2. The number of dihydropyridines is 1. The van der Waals surface area contributed by atoms with Crippen LogP contribution in [0, 0.1) is 11.2 Å². The van der Waals surface area contributed by atoms with Gasteiger partial charge in [-0.3, -0.25) is 4.79 Å². The third-order valence-electron chi connectivity index (χ3n) is 6.57. The first kappa shape index (κ1) is 25.8. The van der Waals surface area contributed by atoms with Crippen LogP contribution in [0.3, 0.4) is 0 Å². The van der Waals surface area contributed by atoms with E-state index in [2.05, 4.69) is 19.2 Å². The molecule has 8 heteroatoms. The number of nitrogens with one attached hydrogen (secondary N) is 1. The van der Waals surface area contributed by atoms with E-state index in [1.54, 1.807) is 13.2 Å². The van der Waals surface area contributed by atoms with Crippen LogP contribution >= 0.6 is 11.6 Å². The molecule has 0 aromatic heterocycles. The first-order chi connectivity index (χ1) is 17.0. The summed E-state index contributed by atoms with van der Waals surface area (Å²) >= 11 is 5.88. The zero-order valence-corrected chi connectivity index (χ0v) is 21.7. The largest absolute Gasteiger partial charge is 0.496 e. The molecule has 1 aliphatic carbocycles. The lowest BCUT2D eigenvalue weighted by molar-refractivity contribution is -0.136. The summed E-state index contributed by atoms with van der Waals surface area (Å²) in [6, 6.07) is 9.64. The van der Waals surface area contributed by atoms with E-state index in [4.69, 9.17) is 25.8 Å². The SMILES string of the molecule is COC(=O)C1=C(C)NC2=C(C(=O)CC(C)(C)C2)C1c1ccc(OC)c(COc2ccc(F)c(Cl)c2)c1. The highest BCUT2D eigenvalue weighted by molar-refractivity contribution is 6.30. The molecular formula is C28H29ClFNO5. The van der Waals surface area contributed by atoms with E-state index in [-0.39, 0.29) is 22.8 Å². The molecule has 0 saturated heterocycles. The van der Waals surface area contributed by atoms with Crippen molar-refractivity contribution in [1.82, 2.24) is 5.32 Å². The molecule has 1 atom stereocenters. The Labute approximate surface area is 215 Å². The molecule has 0 amide bonds. The third kappa shape index (κ3) is 4.98. The van der Waals surface area contributed by atoms with Gasteiger partial charge in [-0.2, -0.15) is 0 Å². The van der Waals surface area contributed by atoms with Crippen molar-refractivity contribution in [3.63, 3.8) is 0 Å². The average Bonchev–Trinajstić information content (AvgIpc) is 2.82. The van der Waals surface area contributed by atoms with Gasteiger partial charge in [-0.1, -0.05) is 31.5 Å². The third-order valence-corrected chi connectivity index (χ3v) is 6.86. The summed E-state index contributed by atoms with van der Waals surface area (Å²) < 4.78 is 30.0. The van der Waals surface area contributed by atoms with E-state index in [0.717, 1.165) is 11.3 Å². The minimum Gasteiger partial charge on any atom is -0.496 e. The second-order valence-corrected chi connectivity index (χ2v) is 10.3. The Bertz CT molecular complexity index is 1300. The molecule has 1 heterocycles. The zero-order chi connectivity index (χ0) is 26.2. The number of hydrogen-bond acceptors (Lipinski definition) is 6. The zero-order valence-electron chi connectivity index (χ0n) is 21.0. The summed E-state index contributed by atoms with van der Waals surface area (Å²) in [4.78, 5) is 26.3. The summed E-state index contributed by atoms with van der Waals surface area (Å²) in [6.07, 6.45) is 1.07. The molecule has 0 bridgehead atoms. The monoisotopic (exact) mass is 513 g/mol. The van der Waals surface area contributed by atoms with Crippen molar-refractivity contribution in [2.45, 2.75) is 46.1 Å². The van der Waals surface area contributed by atoms with E-state index in [9.17, 15) is 14.0 Å². The summed E-state index contributed by atoms with van der Waals surface area (Å²) in [5.41, 5.74) is 3.72. The second kappa shape index (κ2) is 9.97. The highest BCUT2D eigenvalue weighted by Crippen LogP contribution is 2.47. The molecule has 1 N–H and O–H groups in total. The summed E-state index contributed by atoms with van der Waals surface area (Å²) in [7, 11) is 2.88. The lowest BCUT2D eigenvalue weighted by Crippen LogP contribution is -2.38. The molecule has 1 unspecified atom stereocenters. The Kier molecular flexibility index (Phi) is 7.14. The second-order valence-electron chi connectivity index (χ2n) is 9.86. The maximum Gasteiger partial charge on any atom is 0.336 e. The first-order valence-electron chi connectivity index (χ1n) is 11.6. The van der Waals surface area contributed by atoms with Crippen LogP contribution in [0.25, 0.3) is 0 Å². The number of Topliss-reactive ketones (excluding diaryl/α,β-unsaturated/α-hetero) is 1. The van der Waals surface area contributed by atoms with Crippen molar-refractivity contribution >= 4 is 23.4 Å². The van der Waals surface area contributed by atoms with Gasteiger partial charge in [0.15, 0.2) is 5.78 Å². The fraction of sp³-hybridized carbons (Fsp3) is 0.357. The van der Waals surface area contributed by atoms with Crippen LogP contribution in [0.4, 0.5) is 4.39 Å². The molecule has 2 aromatic rings. The lowest BCUT2D eigenvalue weighted by Gasteiger charge is -2.39. The molecule has 2 aromatic carbocycles. The molecule has 190 valence electrons. The van der Waals surface area contributed by atoms with Crippen LogP contribution in [0.5, 0.6) is 11.5 Å². The van der Waals surface area contributed by atoms with Crippen molar-refractivity contribution in [3.8, 4) is 11.5 Å². The van der Waals surface area contributed by atoms with Crippen LogP contribution < -0.4 is 14.8 Å². The number of hydrogen-bond donors (Lipinski definition) is 1. The number of ketones is 1. The first-order valence-corrected chi connectivity index (χ1v) is 12.0. The number of ether oxygens (including phenoxy) is 3. The number of benzene rings is 2. The average molecular weight is 514 g/mol. The van der Waals surface area contributed by atoms with Gasteiger partial charge in [0.1, 0.15) is 23.9 Å². The number of esters is 1. The Morgan fingerprint density at radius 2 is 1.92 bits per heavy atom. The van der Waals surface area contributed by atoms with Crippen LogP contribution in [-0.4, -0.2) is 26.0 Å². The molecule has 0 spiro atoms. The maximum atomic E-state index is 13.5. The predicted octanol–water partition coefficient (Wildman–Crippen LogP) is 5.84. The summed E-state index contributed by atoms with van der Waals surface area (Å²) in [5, 5.41) is 3.27. The fourth-order valence-corrected chi connectivity index (χ4v) is 5.14. The Hall–Kier alpha value is -3.32. The standard InChI is InChI=1S/C28H29ClFNO5/c1-15-24(27(33)35-5)25(26-21(31-15)12-28(2,3)13-22(26)32)16-6-9-23(34-4)17(10-16)14-36-18-7-8-20(30)19(29)11-18/h6-11,25,31H,12-14H2,1-5H3. The van der Waals surface area contributed by atoms with E-state index in [0.29, 0.717) is 46.7 Å². The molecule has 36 heavy (non-hydrogen) atoms. The number of methoxy groups -OCH3 is 2. The predicted molar refractivity (Wildman–Crippen MR) is 134 cm³/mol. The number of allylic oxidation sites excluding steroid dienone is 3. The van der Waals surface area contributed by atoms with Gasteiger partial charge >= 0.3 is 5.97 Å². The van der Waals surface area contributed by atoms with Gasteiger partial charge < -0.3 is 19.5 Å². The molecule has 1 aliphatic heterocycles. The van der Waals surface area contributed by atoms with Crippen LogP contribution in [0.15, 0.2) is 58.9 Å². The van der Waals surface area contributed by atoms with Crippen molar-refractivity contribution in [2.24, 2.45) is 5.41 Å². The van der Waals surface area contributed by atoms with E-state index in [1.807, 2.05) is 19.1 Å². The molecule has 4 rings (SSSR count). The van der Waals surface area contributed by atoms with Crippen molar-refractivity contribution in [3.05, 3.63) is 80.9 Å². The van der Waals surface area contributed by atoms with Gasteiger partial charge in [0.2, 0.25) is 0 Å². The Morgan fingerprint density at radius 3 is 2.58 bits per heavy atom. The quantitative estimate of drug-likeness (QED) is 0.489. The summed E-state index contributed by atoms with van der Waals surface area (Å²) in [5.74, 6) is -0.646. The number of carbonyl (C=O) groups excluding carboxylic acids is 2. The van der Waals surface area contributed by atoms with Crippen molar-refractivity contribution in [2.75, 3.05) is 14.2 Å². The fourth-order valence-electron chi connectivity index (χ4n) is 4.97. The highest BCUT2D eigenvalue weighted by Gasteiger charge is 2.43. The summed E-state index contributed by atoms with van der Waals surface area (Å²) in [6.45, 7) is 6.05. The van der Waals surface area contributed by atoms with Crippen molar-refractivity contribution < 1.29 is 28.2 Å². The molecule has 0 saturated carbocycles.